The summed E-state index contributed by atoms with van der Waals surface area (Å²) in [6.07, 6.45) is 5.06. The van der Waals surface area contributed by atoms with E-state index in [4.69, 9.17) is 4.42 Å². The van der Waals surface area contributed by atoms with Crippen molar-refractivity contribution in [3.8, 4) is 17.3 Å². The SMILES string of the molecule is CCCCc1ccc(N/C=C(/C#N)c2nc(-c3cc4ccccc4oc3=O)cs2)cc1. The highest BCUT2D eigenvalue weighted by molar-refractivity contribution is 7.11. The number of thiazole rings is 1. The summed E-state index contributed by atoms with van der Waals surface area (Å²) in [6, 6.07) is 19.5. The van der Waals surface area contributed by atoms with Crippen molar-refractivity contribution in [2.24, 2.45) is 0 Å². The van der Waals surface area contributed by atoms with Crippen LogP contribution in [0.15, 0.2) is 75.4 Å². The van der Waals surface area contributed by atoms with Crippen molar-refractivity contribution < 1.29 is 4.42 Å². The minimum Gasteiger partial charge on any atom is -0.422 e. The molecule has 0 aliphatic heterocycles. The van der Waals surface area contributed by atoms with Crippen molar-refractivity contribution in [1.29, 1.82) is 5.26 Å². The summed E-state index contributed by atoms with van der Waals surface area (Å²) in [6.45, 7) is 2.18. The minimum absolute atomic E-state index is 0.383. The summed E-state index contributed by atoms with van der Waals surface area (Å²) in [7, 11) is 0. The predicted molar refractivity (Wildman–Crippen MR) is 126 cm³/mol. The molecule has 0 amide bonds. The molecular formula is C25H21N3O2S. The molecule has 0 bridgehead atoms. The van der Waals surface area contributed by atoms with Gasteiger partial charge in [0.2, 0.25) is 0 Å². The van der Waals surface area contributed by atoms with Crippen LogP contribution >= 0.6 is 11.3 Å². The Hall–Kier alpha value is -3.69. The molecule has 1 N–H and O–H groups in total. The summed E-state index contributed by atoms with van der Waals surface area (Å²) in [5.74, 6) is 0. The Bertz CT molecular complexity index is 1330. The molecule has 4 aromatic rings. The highest BCUT2D eigenvalue weighted by Gasteiger charge is 2.13. The monoisotopic (exact) mass is 427 g/mol. The first-order chi connectivity index (χ1) is 15.2. The second-order valence-electron chi connectivity index (χ2n) is 7.14. The van der Waals surface area contributed by atoms with Crippen LogP contribution in [0.1, 0.15) is 30.3 Å². The van der Waals surface area contributed by atoms with E-state index >= 15 is 0 Å². The minimum atomic E-state index is -0.445. The molecule has 5 nitrogen and oxygen atoms in total. The third-order valence-corrected chi connectivity index (χ3v) is 5.80. The van der Waals surface area contributed by atoms with Crippen LogP contribution in [0.3, 0.4) is 0 Å². The first kappa shape index (κ1) is 20.6. The number of nitriles is 1. The number of fused-ring (bicyclic) bond motifs is 1. The average Bonchev–Trinajstić information content (AvgIpc) is 3.28. The number of para-hydroxylation sites is 1. The molecule has 2 aromatic heterocycles. The van der Waals surface area contributed by atoms with E-state index in [0.717, 1.165) is 17.5 Å². The maximum Gasteiger partial charge on any atom is 0.345 e. The molecule has 2 heterocycles. The third kappa shape index (κ3) is 4.73. The second kappa shape index (κ2) is 9.41. The molecule has 6 heteroatoms. The van der Waals surface area contributed by atoms with Crippen molar-refractivity contribution in [3.05, 3.63) is 87.2 Å². The Morgan fingerprint density at radius 1 is 1.23 bits per heavy atom. The van der Waals surface area contributed by atoms with Gasteiger partial charge < -0.3 is 9.73 Å². The van der Waals surface area contributed by atoms with Gasteiger partial charge in [-0.3, -0.25) is 0 Å². The lowest BCUT2D eigenvalue weighted by Gasteiger charge is -2.04. The van der Waals surface area contributed by atoms with Crippen LogP contribution < -0.4 is 10.9 Å². The fourth-order valence-electron chi connectivity index (χ4n) is 3.21. The van der Waals surface area contributed by atoms with Gasteiger partial charge in [0.15, 0.2) is 0 Å². The number of unbranched alkanes of at least 4 members (excludes halogenated alkanes) is 1. The number of rotatable bonds is 7. The number of hydrogen-bond donors (Lipinski definition) is 1. The van der Waals surface area contributed by atoms with E-state index in [2.05, 4.69) is 35.4 Å². The van der Waals surface area contributed by atoms with Gasteiger partial charge in [0.25, 0.3) is 0 Å². The standard InChI is InChI=1S/C25H21N3O2S/c1-2-3-6-17-9-11-20(12-10-17)27-15-19(14-26)24-28-22(16-31-24)21-13-18-7-4-5-8-23(18)30-25(21)29/h4-5,7-13,15-16,27H,2-3,6H2,1H3/b19-15-. The van der Waals surface area contributed by atoms with Gasteiger partial charge in [-0.1, -0.05) is 43.7 Å². The highest BCUT2D eigenvalue weighted by Crippen LogP contribution is 2.26. The molecule has 4 rings (SSSR count). The Morgan fingerprint density at radius 3 is 2.81 bits per heavy atom. The Kier molecular flexibility index (Phi) is 6.25. The topological polar surface area (TPSA) is 78.9 Å². The number of nitrogens with one attached hydrogen (secondary N) is 1. The molecule has 31 heavy (non-hydrogen) atoms. The average molecular weight is 428 g/mol. The molecular weight excluding hydrogens is 406 g/mol. The van der Waals surface area contributed by atoms with E-state index in [9.17, 15) is 10.1 Å². The van der Waals surface area contributed by atoms with E-state index in [1.54, 1.807) is 23.7 Å². The number of aryl methyl sites for hydroxylation is 1. The van der Waals surface area contributed by atoms with Crippen molar-refractivity contribution in [3.63, 3.8) is 0 Å². The van der Waals surface area contributed by atoms with Crippen molar-refractivity contribution >= 4 is 33.6 Å². The number of benzene rings is 2. The predicted octanol–water partition coefficient (Wildman–Crippen LogP) is 6.24. The molecule has 2 aromatic carbocycles. The van der Waals surface area contributed by atoms with Crippen LogP contribution in [0.25, 0.3) is 27.8 Å². The summed E-state index contributed by atoms with van der Waals surface area (Å²) in [5.41, 5.74) is 3.58. The van der Waals surface area contributed by atoms with Crippen LogP contribution in [0.5, 0.6) is 0 Å². The van der Waals surface area contributed by atoms with Crippen LogP contribution in [-0.2, 0) is 6.42 Å². The molecule has 0 atom stereocenters. The van der Waals surface area contributed by atoms with Gasteiger partial charge in [-0.05, 0) is 42.7 Å². The Labute approximate surface area is 184 Å². The van der Waals surface area contributed by atoms with E-state index in [1.807, 2.05) is 30.3 Å². The van der Waals surface area contributed by atoms with Crippen LogP contribution in [0, 0.1) is 11.3 Å². The van der Waals surface area contributed by atoms with Gasteiger partial charge in [-0.25, -0.2) is 9.78 Å². The lowest BCUT2D eigenvalue weighted by Crippen LogP contribution is -2.02. The molecule has 0 fully saturated rings. The van der Waals surface area contributed by atoms with Gasteiger partial charge in [0.05, 0.1) is 11.3 Å². The zero-order valence-electron chi connectivity index (χ0n) is 17.1. The maximum atomic E-state index is 12.4. The maximum absolute atomic E-state index is 12.4. The van der Waals surface area contributed by atoms with Crippen LogP contribution in [0.4, 0.5) is 5.69 Å². The normalized spacial score (nSPS) is 11.4. The second-order valence-corrected chi connectivity index (χ2v) is 8.00. The summed E-state index contributed by atoms with van der Waals surface area (Å²) < 4.78 is 5.40. The molecule has 0 radical (unpaired) electrons. The Morgan fingerprint density at radius 2 is 2.03 bits per heavy atom. The van der Waals surface area contributed by atoms with Gasteiger partial charge >= 0.3 is 5.63 Å². The third-order valence-electron chi connectivity index (χ3n) is 4.93. The zero-order valence-corrected chi connectivity index (χ0v) is 17.9. The summed E-state index contributed by atoms with van der Waals surface area (Å²) >= 11 is 1.32. The van der Waals surface area contributed by atoms with E-state index in [1.165, 1.54) is 29.7 Å². The van der Waals surface area contributed by atoms with Gasteiger partial charge in [0, 0.05) is 22.7 Å². The van der Waals surface area contributed by atoms with E-state index in [0.29, 0.717) is 27.4 Å². The quantitative estimate of drug-likeness (QED) is 0.279. The van der Waals surface area contributed by atoms with Crippen molar-refractivity contribution in [2.75, 3.05) is 5.32 Å². The van der Waals surface area contributed by atoms with Gasteiger partial charge in [-0.2, -0.15) is 5.26 Å². The summed E-state index contributed by atoms with van der Waals surface area (Å²) in [4.78, 5) is 16.9. The lowest BCUT2D eigenvalue weighted by atomic mass is 10.1. The molecule has 0 aliphatic carbocycles. The first-order valence-corrected chi connectivity index (χ1v) is 11.0. The molecule has 0 aliphatic rings. The van der Waals surface area contributed by atoms with E-state index in [-0.39, 0.29) is 0 Å². The zero-order chi connectivity index (χ0) is 21.6. The van der Waals surface area contributed by atoms with Crippen LogP contribution in [-0.4, -0.2) is 4.98 Å². The fourth-order valence-corrected chi connectivity index (χ4v) is 3.99. The number of aromatic nitrogens is 1. The molecule has 0 spiro atoms. The number of anilines is 1. The number of allylic oxidation sites excluding steroid dienone is 1. The van der Waals surface area contributed by atoms with Gasteiger partial charge in [0.1, 0.15) is 22.2 Å². The Balaban J connectivity index is 1.55. The smallest absolute Gasteiger partial charge is 0.345 e. The van der Waals surface area contributed by atoms with Crippen LogP contribution in [0.2, 0.25) is 0 Å². The number of hydrogen-bond acceptors (Lipinski definition) is 6. The number of nitrogens with zero attached hydrogens (tertiary/aromatic N) is 2. The molecule has 154 valence electrons. The lowest BCUT2D eigenvalue weighted by molar-refractivity contribution is 0.563. The highest BCUT2D eigenvalue weighted by atomic mass is 32.1. The fraction of sp³-hybridized carbons (Fsp3) is 0.160. The molecule has 0 unspecified atom stereocenters. The first-order valence-electron chi connectivity index (χ1n) is 10.1. The van der Waals surface area contributed by atoms with Crippen molar-refractivity contribution in [1.82, 2.24) is 4.98 Å². The molecule has 0 saturated carbocycles. The summed E-state index contributed by atoms with van der Waals surface area (Å²) in [5, 5.41) is 15.9. The molecule has 0 saturated heterocycles. The van der Waals surface area contributed by atoms with Crippen molar-refractivity contribution in [2.45, 2.75) is 26.2 Å². The largest absolute Gasteiger partial charge is 0.422 e. The van der Waals surface area contributed by atoms with E-state index < -0.39 is 5.63 Å². The van der Waals surface area contributed by atoms with Gasteiger partial charge in [-0.15, -0.1) is 11.3 Å².